The summed E-state index contributed by atoms with van der Waals surface area (Å²) in [5, 5.41) is 2.97. The first-order valence-corrected chi connectivity index (χ1v) is 12.1. The average molecular weight is 519 g/mol. The number of nitrogens with one attached hydrogen (secondary N) is 1. The van der Waals surface area contributed by atoms with Crippen LogP contribution in [0.25, 0.3) is 0 Å². The minimum Gasteiger partial charge on any atom is -0.497 e. The fourth-order valence-corrected chi connectivity index (χ4v) is 3.74. The number of rotatable bonds is 11. The van der Waals surface area contributed by atoms with Gasteiger partial charge >= 0.3 is 0 Å². The summed E-state index contributed by atoms with van der Waals surface area (Å²) in [6.07, 6.45) is 0.811. The molecule has 0 aromatic heterocycles. The number of methoxy groups -OCH3 is 1. The lowest BCUT2D eigenvalue weighted by Gasteiger charge is -2.29. The highest BCUT2D eigenvalue weighted by Gasteiger charge is 2.27. The van der Waals surface area contributed by atoms with Gasteiger partial charge in [-0.05, 0) is 77.5 Å². The van der Waals surface area contributed by atoms with Crippen LogP contribution < -0.4 is 14.8 Å². The highest BCUT2D eigenvalue weighted by Crippen LogP contribution is 2.29. The molecule has 2 atom stereocenters. The fourth-order valence-electron chi connectivity index (χ4n) is 3.23. The molecule has 0 bridgehead atoms. The molecule has 33 heavy (non-hydrogen) atoms. The number of amides is 2. The third-order valence-corrected chi connectivity index (χ3v) is 6.25. The molecule has 2 amide bonds. The maximum atomic E-state index is 13.2. The first-order valence-electron chi connectivity index (χ1n) is 11.3. The molecule has 0 unspecified atom stereocenters. The summed E-state index contributed by atoms with van der Waals surface area (Å²) in [5.74, 6) is 1.21. The zero-order valence-electron chi connectivity index (χ0n) is 20.4. The van der Waals surface area contributed by atoms with Crippen molar-refractivity contribution in [2.75, 3.05) is 13.7 Å². The van der Waals surface area contributed by atoms with E-state index in [-0.39, 0.29) is 31.0 Å². The maximum Gasteiger partial charge on any atom is 0.261 e. The van der Waals surface area contributed by atoms with Gasteiger partial charge in [-0.2, -0.15) is 0 Å². The normalized spacial score (nSPS) is 12.7. The van der Waals surface area contributed by atoms with E-state index in [4.69, 9.17) is 9.47 Å². The van der Waals surface area contributed by atoms with E-state index in [0.29, 0.717) is 17.4 Å². The second-order valence-corrected chi connectivity index (χ2v) is 9.35. The first kappa shape index (κ1) is 26.7. The largest absolute Gasteiger partial charge is 0.497 e. The Kier molecular flexibility index (Phi) is 10.2. The standard InChI is InChI=1S/C26H35BrN2O4/c1-7-18(4)28-26(31)19(5)29(15-20-9-8-10-22(13-20)32-6)25(30)16-33-24-12-11-21(17(2)3)14-23(24)27/h8-14,17-19H,7,15-16H2,1-6H3,(H,28,31)/t18-,19-/m1/s1. The molecule has 0 aliphatic carbocycles. The van der Waals surface area contributed by atoms with Crippen molar-refractivity contribution in [1.29, 1.82) is 0 Å². The number of halogens is 1. The molecule has 0 radical (unpaired) electrons. The van der Waals surface area contributed by atoms with Gasteiger partial charge in [0, 0.05) is 12.6 Å². The van der Waals surface area contributed by atoms with Gasteiger partial charge in [-0.25, -0.2) is 0 Å². The predicted molar refractivity (Wildman–Crippen MR) is 135 cm³/mol. The van der Waals surface area contributed by atoms with Crippen molar-refractivity contribution in [1.82, 2.24) is 10.2 Å². The van der Waals surface area contributed by atoms with Crippen molar-refractivity contribution >= 4 is 27.7 Å². The van der Waals surface area contributed by atoms with Crippen LogP contribution in [0.4, 0.5) is 0 Å². The van der Waals surface area contributed by atoms with Crippen LogP contribution in [0.5, 0.6) is 11.5 Å². The fraction of sp³-hybridized carbons (Fsp3) is 0.462. The third kappa shape index (κ3) is 7.77. The van der Waals surface area contributed by atoms with Gasteiger partial charge in [0.05, 0.1) is 11.6 Å². The molecule has 2 aromatic rings. The highest BCUT2D eigenvalue weighted by molar-refractivity contribution is 9.10. The van der Waals surface area contributed by atoms with E-state index in [1.54, 1.807) is 18.9 Å². The summed E-state index contributed by atoms with van der Waals surface area (Å²) in [4.78, 5) is 27.6. The van der Waals surface area contributed by atoms with Crippen molar-refractivity contribution in [3.8, 4) is 11.5 Å². The number of ether oxygens (including phenoxy) is 2. The van der Waals surface area contributed by atoms with Crippen LogP contribution in [-0.2, 0) is 16.1 Å². The van der Waals surface area contributed by atoms with Crippen LogP contribution in [0.1, 0.15) is 58.1 Å². The molecule has 1 N–H and O–H groups in total. The number of nitrogens with zero attached hydrogens (tertiary/aromatic N) is 1. The Morgan fingerprint density at radius 3 is 2.42 bits per heavy atom. The molecule has 0 aliphatic rings. The lowest BCUT2D eigenvalue weighted by atomic mass is 10.0. The number of carbonyl (C=O) groups excluding carboxylic acids is 2. The number of carbonyl (C=O) groups is 2. The van der Waals surface area contributed by atoms with Crippen molar-refractivity contribution in [2.24, 2.45) is 0 Å². The monoisotopic (exact) mass is 518 g/mol. The molecule has 0 fully saturated rings. The lowest BCUT2D eigenvalue weighted by Crippen LogP contribution is -2.50. The Hall–Kier alpha value is -2.54. The van der Waals surface area contributed by atoms with Crippen molar-refractivity contribution in [3.63, 3.8) is 0 Å². The van der Waals surface area contributed by atoms with Gasteiger partial charge in [-0.1, -0.05) is 39.0 Å². The molecule has 2 aromatic carbocycles. The maximum absolute atomic E-state index is 13.2. The molecule has 180 valence electrons. The van der Waals surface area contributed by atoms with Gasteiger partial charge < -0.3 is 19.7 Å². The smallest absolute Gasteiger partial charge is 0.261 e. The van der Waals surface area contributed by atoms with E-state index in [1.807, 2.05) is 56.3 Å². The van der Waals surface area contributed by atoms with Crippen LogP contribution in [-0.4, -0.2) is 42.5 Å². The molecule has 0 spiro atoms. The van der Waals surface area contributed by atoms with Crippen molar-refractivity contribution in [3.05, 3.63) is 58.1 Å². The first-order chi connectivity index (χ1) is 15.7. The minimum atomic E-state index is -0.659. The molecular formula is C26H35BrN2O4. The topological polar surface area (TPSA) is 67.9 Å². The summed E-state index contributed by atoms with van der Waals surface area (Å²) in [5.41, 5.74) is 2.05. The van der Waals surface area contributed by atoms with Crippen LogP contribution in [0.2, 0.25) is 0 Å². The summed E-state index contributed by atoms with van der Waals surface area (Å²) in [7, 11) is 1.60. The second kappa shape index (κ2) is 12.6. The number of hydrogen-bond donors (Lipinski definition) is 1. The van der Waals surface area contributed by atoms with Gasteiger partial charge in [0.15, 0.2) is 6.61 Å². The van der Waals surface area contributed by atoms with Gasteiger partial charge in [0.1, 0.15) is 17.5 Å². The van der Waals surface area contributed by atoms with E-state index in [1.165, 1.54) is 5.56 Å². The predicted octanol–water partition coefficient (Wildman–Crippen LogP) is 5.29. The minimum absolute atomic E-state index is 0.0281. The highest BCUT2D eigenvalue weighted by atomic mass is 79.9. The Bertz CT molecular complexity index is 948. The van der Waals surface area contributed by atoms with Gasteiger partial charge in [-0.3, -0.25) is 9.59 Å². The van der Waals surface area contributed by atoms with E-state index in [2.05, 4.69) is 35.1 Å². The summed E-state index contributed by atoms with van der Waals surface area (Å²) < 4.78 is 11.9. The van der Waals surface area contributed by atoms with E-state index >= 15 is 0 Å². The molecule has 0 saturated carbocycles. The summed E-state index contributed by atoms with van der Waals surface area (Å²) >= 11 is 3.53. The average Bonchev–Trinajstić information content (AvgIpc) is 2.80. The van der Waals surface area contributed by atoms with E-state index in [9.17, 15) is 9.59 Å². The Morgan fingerprint density at radius 2 is 1.82 bits per heavy atom. The Labute approximate surface area is 205 Å². The van der Waals surface area contributed by atoms with Crippen LogP contribution >= 0.6 is 15.9 Å². The van der Waals surface area contributed by atoms with Gasteiger partial charge in [0.2, 0.25) is 5.91 Å². The molecule has 0 heterocycles. The number of benzene rings is 2. The Balaban J connectivity index is 2.20. The second-order valence-electron chi connectivity index (χ2n) is 8.50. The third-order valence-electron chi connectivity index (χ3n) is 5.63. The molecule has 0 aliphatic heterocycles. The summed E-state index contributed by atoms with van der Waals surface area (Å²) in [6, 6.07) is 12.7. The van der Waals surface area contributed by atoms with Crippen LogP contribution in [0.15, 0.2) is 46.9 Å². The van der Waals surface area contributed by atoms with Crippen molar-refractivity contribution in [2.45, 2.75) is 65.6 Å². The zero-order chi connectivity index (χ0) is 24.5. The Morgan fingerprint density at radius 1 is 1.09 bits per heavy atom. The quantitative estimate of drug-likeness (QED) is 0.438. The van der Waals surface area contributed by atoms with E-state index in [0.717, 1.165) is 16.5 Å². The summed E-state index contributed by atoms with van der Waals surface area (Å²) in [6.45, 7) is 10.0. The molecule has 7 heteroatoms. The molecule has 6 nitrogen and oxygen atoms in total. The van der Waals surface area contributed by atoms with E-state index < -0.39 is 6.04 Å². The molecular weight excluding hydrogens is 484 g/mol. The SMILES string of the molecule is CC[C@@H](C)NC(=O)[C@@H](C)N(Cc1cccc(OC)c1)C(=O)COc1ccc(C(C)C)cc1Br. The van der Waals surface area contributed by atoms with Crippen molar-refractivity contribution < 1.29 is 19.1 Å². The molecule has 2 rings (SSSR count). The lowest BCUT2D eigenvalue weighted by molar-refractivity contribution is -0.142. The van der Waals surface area contributed by atoms with Gasteiger partial charge in [-0.15, -0.1) is 0 Å². The number of hydrogen-bond acceptors (Lipinski definition) is 4. The molecule has 0 saturated heterocycles. The zero-order valence-corrected chi connectivity index (χ0v) is 21.9. The van der Waals surface area contributed by atoms with Crippen LogP contribution in [0.3, 0.4) is 0 Å². The van der Waals surface area contributed by atoms with Crippen LogP contribution in [0, 0.1) is 0 Å². The van der Waals surface area contributed by atoms with Gasteiger partial charge in [0.25, 0.3) is 5.91 Å².